The molecule has 0 bridgehead atoms. The van der Waals surface area contributed by atoms with Crippen molar-refractivity contribution in [3.63, 3.8) is 0 Å². The van der Waals surface area contributed by atoms with Gasteiger partial charge in [0.2, 0.25) is 0 Å². The van der Waals surface area contributed by atoms with Gasteiger partial charge in [-0.2, -0.15) is 0 Å². The Labute approximate surface area is 156 Å². The van der Waals surface area contributed by atoms with E-state index in [-0.39, 0.29) is 47.4 Å². The molecule has 10 heteroatoms. The number of halogens is 2. The van der Waals surface area contributed by atoms with Crippen LogP contribution in [0.1, 0.15) is 28.9 Å². The lowest BCUT2D eigenvalue weighted by Crippen LogP contribution is -2.38. The van der Waals surface area contributed by atoms with Crippen LogP contribution in [0.15, 0.2) is 15.7 Å². The Kier molecular flexibility index (Phi) is 7.60. The van der Waals surface area contributed by atoms with E-state index in [1.807, 2.05) is 0 Å². The molecule has 1 unspecified atom stereocenters. The van der Waals surface area contributed by atoms with Crippen LogP contribution in [0.25, 0.3) is 11.0 Å². The summed E-state index contributed by atoms with van der Waals surface area (Å²) in [6.07, 6.45) is 2.19. The number of aromatic amines is 2. The van der Waals surface area contributed by atoms with Crippen LogP contribution in [-0.2, 0) is 0 Å². The number of aromatic nitrogens is 3. The highest BCUT2D eigenvalue weighted by Crippen LogP contribution is 2.12. The Morgan fingerprint density at radius 3 is 2.76 bits per heavy atom. The first-order valence-electron chi connectivity index (χ1n) is 7.67. The fraction of sp³-hybridized carbons (Fsp3) is 0.467. The van der Waals surface area contributed by atoms with E-state index in [4.69, 9.17) is 0 Å². The van der Waals surface area contributed by atoms with Gasteiger partial charge in [0.15, 0.2) is 0 Å². The summed E-state index contributed by atoms with van der Waals surface area (Å²) in [6.45, 7) is 4.21. The summed E-state index contributed by atoms with van der Waals surface area (Å²) in [5.74, 6) is 0.110. The second kappa shape index (κ2) is 8.98. The van der Waals surface area contributed by atoms with Crippen molar-refractivity contribution in [3.05, 3.63) is 38.2 Å². The van der Waals surface area contributed by atoms with Crippen molar-refractivity contribution in [2.24, 2.45) is 5.92 Å². The molecular weight excluding hydrogens is 369 g/mol. The molecule has 0 aliphatic carbocycles. The number of nitrogens with zero attached hydrogens (tertiary/aromatic N) is 1. The van der Waals surface area contributed by atoms with Gasteiger partial charge in [-0.15, -0.1) is 24.8 Å². The van der Waals surface area contributed by atoms with Crippen LogP contribution in [0.5, 0.6) is 0 Å². The maximum absolute atomic E-state index is 12.3. The summed E-state index contributed by atoms with van der Waals surface area (Å²) >= 11 is 0. The van der Waals surface area contributed by atoms with E-state index < -0.39 is 11.2 Å². The lowest BCUT2D eigenvalue weighted by atomic mass is 10.00. The maximum Gasteiger partial charge on any atom is 0.327 e. The highest BCUT2D eigenvalue weighted by atomic mass is 35.5. The van der Waals surface area contributed by atoms with Crippen molar-refractivity contribution in [1.29, 1.82) is 0 Å². The fourth-order valence-corrected chi connectivity index (χ4v) is 2.90. The number of hydrogen-bond acceptors (Lipinski definition) is 5. The molecule has 1 saturated heterocycles. The first-order valence-corrected chi connectivity index (χ1v) is 7.67. The zero-order chi connectivity index (χ0) is 16.4. The number of carbonyl (C=O) groups excluding carboxylic acids is 1. The Balaban J connectivity index is 0.00000156. The van der Waals surface area contributed by atoms with Crippen LogP contribution < -0.4 is 21.9 Å². The average molecular weight is 390 g/mol. The number of pyridine rings is 1. The Morgan fingerprint density at radius 2 is 2.08 bits per heavy atom. The van der Waals surface area contributed by atoms with E-state index in [0.29, 0.717) is 18.0 Å². The van der Waals surface area contributed by atoms with E-state index in [1.54, 1.807) is 13.0 Å². The molecule has 4 N–H and O–H groups in total. The monoisotopic (exact) mass is 389 g/mol. The molecule has 2 aromatic rings. The molecule has 3 rings (SSSR count). The number of fused-ring (bicyclic) bond motifs is 1. The molecule has 25 heavy (non-hydrogen) atoms. The fourth-order valence-electron chi connectivity index (χ4n) is 2.90. The van der Waals surface area contributed by atoms with Gasteiger partial charge in [0.1, 0.15) is 11.3 Å². The summed E-state index contributed by atoms with van der Waals surface area (Å²) in [5.41, 5.74) is -0.227. The topological polar surface area (TPSA) is 120 Å². The number of H-pyrrole nitrogens is 2. The highest BCUT2D eigenvalue weighted by Gasteiger charge is 2.16. The minimum atomic E-state index is -0.639. The lowest BCUT2D eigenvalue weighted by Gasteiger charge is -2.22. The van der Waals surface area contributed by atoms with Gasteiger partial charge in [0.05, 0.1) is 5.39 Å². The average Bonchev–Trinajstić information content (AvgIpc) is 2.52. The molecular formula is C15H21Cl2N5O3. The molecule has 1 aliphatic heterocycles. The van der Waals surface area contributed by atoms with E-state index >= 15 is 0 Å². The predicted octanol–water partition coefficient (Wildman–Crippen LogP) is 0.493. The van der Waals surface area contributed by atoms with E-state index in [0.717, 1.165) is 25.9 Å². The third-order valence-corrected chi connectivity index (χ3v) is 4.09. The van der Waals surface area contributed by atoms with Crippen molar-refractivity contribution < 1.29 is 4.79 Å². The largest absolute Gasteiger partial charge is 0.350 e. The maximum atomic E-state index is 12.3. The van der Waals surface area contributed by atoms with Gasteiger partial charge in [-0.1, -0.05) is 0 Å². The second-order valence-corrected chi connectivity index (χ2v) is 5.88. The molecule has 0 radical (unpaired) electrons. The van der Waals surface area contributed by atoms with Crippen LogP contribution in [-0.4, -0.2) is 40.5 Å². The number of carbonyl (C=O) groups is 1. The summed E-state index contributed by atoms with van der Waals surface area (Å²) in [6, 6.07) is 1.56. The zero-order valence-corrected chi connectivity index (χ0v) is 15.3. The van der Waals surface area contributed by atoms with Crippen LogP contribution in [0.3, 0.4) is 0 Å². The number of aryl methyl sites for hydroxylation is 1. The van der Waals surface area contributed by atoms with E-state index in [2.05, 4.69) is 25.6 Å². The van der Waals surface area contributed by atoms with Crippen LogP contribution in [0, 0.1) is 12.8 Å². The second-order valence-electron chi connectivity index (χ2n) is 5.88. The molecule has 0 spiro atoms. The van der Waals surface area contributed by atoms with Crippen molar-refractivity contribution in [2.75, 3.05) is 19.6 Å². The van der Waals surface area contributed by atoms with Crippen LogP contribution in [0.2, 0.25) is 0 Å². The van der Waals surface area contributed by atoms with E-state index in [1.165, 1.54) is 0 Å². The lowest BCUT2D eigenvalue weighted by molar-refractivity contribution is 0.0940. The summed E-state index contributed by atoms with van der Waals surface area (Å²) in [5, 5.41) is 6.46. The van der Waals surface area contributed by atoms with Crippen molar-refractivity contribution >= 4 is 41.8 Å². The molecule has 1 fully saturated rings. The smallest absolute Gasteiger partial charge is 0.327 e. The Hall–Kier alpha value is -1.90. The van der Waals surface area contributed by atoms with Crippen molar-refractivity contribution in [1.82, 2.24) is 25.6 Å². The summed E-state index contributed by atoms with van der Waals surface area (Å²) in [7, 11) is 0. The van der Waals surface area contributed by atoms with Crippen LogP contribution >= 0.6 is 24.8 Å². The number of piperidine rings is 1. The van der Waals surface area contributed by atoms with Crippen LogP contribution in [0.4, 0.5) is 0 Å². The van der Waals surface area contributed by atoms with Gasteiger partial charge in [0.25, 0.3) is 11.5 Å². The summed E-state index contributed by atoms with van der Waals surface area (Å²) < 4.78 is 0. The predicted molar refractivity (Wildman–Crippen MR) is 100 cm³/mol. The van der Waals surface area contributed by atoms with Crippen molar-refractivity contribution in [2.45, 2.75) is 19.8 Å². The molecule has 8 nitrogen and oxygen atoms in total. The normalized spacial score (nSPS) is 16.6. The van der Waals surface area contributed by atoms with Gasteiger partial charge < -0.3 is 10.6 Å². The van der Waals surface area contributed by atoms with E-state index in [9.17, 15) is 14.4 Å². The SMILES string of the molecule is Cc1cc(C(=O)NCC2CCCNC2)nc2[nH]c(=O)[nH]c(=O)c12.Cl.Cl. The number of amides is 1. The first-order chi connectivity index (χ1) is 11.0. The molecule has 1 aliphatic rings. The molecule has 2 aromatic heterocycles. The quantitative estimate of drug-likeness (QED) is 0.608. The summed E-state index contributed by atoms with van der Waals surface area (Å²) in [4.78, 5) is 44.2. The van der Waals surface area contributed by atoms with Gasteiger partial charge in [0, 0.05) is 6.54 Å². The molecule has 138 valence electrons. The highest BCUT2D eigenvalue weighted by molar-refractivity contribution is 5.95. The molecule has 0 saturated carbocycles. The van der Waals surface area contributed by atoms with Gasteiger partial charge in [-0.05, 0) is 50.4 Å². The first kappa shape index (κ1) is 21.1. The Bertz CT molecular complexity index is 858. The minimum Gasteiger partial charge on any atom is -0.350 e. The standard InChI is InChI=1S/C15H19N5O3.2ClH/c1-8-5-10(13(21)17-7-9-3-2-4-16-6-9)18-12-11(8)14(22)20-15(23)19-12;;/h5,9,16H,2-4,6-7H2,1H3,(H,17,21)(H2,18,19,20,22,23);2*1H. The molecule has 1 atom stereocenters. The number of nitrogens with one attached hydrogen (secondary N) is 4. The molecule has 0 aromatic carbocycles. The third-order valence-electron chi connectivity index (χ3n) is 4.09. The molecule has 1 amide bonds. The zero-order valence-electron chi connectivity index (χ0n) is 13.7. The van der Waals surface area contributed by atoms with Crippen molar-refractivity contribution in [3.8, 4) is 0 Å². The number of hydrogen-bond donors (Lipinski definition) is 4. The third kappa shape index (κ3) is 4.81. The van der Waals surface area contributed by atoms with Gasteiger partial charge in [-0.3, -0.25) is 19.6 Å². The Morgan fingerprint density at radius 1 is 1.32 bits per heavy atom. The number of rotatable bonds is 3. The molecule has 3 heterocycles. The van der Waals surface area contributed by atoms with Gasteiger partial charge in [-0.25, -0.2) is 9.78 Å². The minimum absolute atomic E-state index is 0. The van der Waals surface area contributed by atoms with Gasteiger partial charge >= 0.3 is 5.69 Å².